The van der Waals surface area contributed by atoms with Gasteiger partial charge in [0.1, 0.15) is 11.4 Å². The minimum atomic E-state index is -4.01. The second kappa shape index (κ2) is 5.62. The number of rotatable bonds is 3. The number of methoxy groups -OCH3 is 1. The van der Waals surface area contributed by atoms with Gasteiger partial charge in [-0.3, -0.25) is 0 Å². The van der Waals surface area contributed by atoms with Crippen molar-refractivity contribution in [2.45, 2.75) is 50.1 Å². The number of sulfonamides is 1. The van der Waals surface area contributed by atoms with Gasteiger partial charge in [-0.25, -0.2) is 17.6 Å². The molecule has 7 heteroatoms. The summed E-state index contributed by atoms with van der Waals surface area (Å²) in [6, 6.07) is 3.35. The first kappa shape index (κ1) is 16.9. The smallest absolute Gasteiger partial charge is 0.342 e. The molecule has 1 aliphatic rings. The van der Waals surface area contributed by atoms with Crippen molar-refractivity contribution in [2.75, 3.05) is 7.11 Å². The maximum atomic E-state index is 14.0. The van der Waals surface area contributed by atoms with Crippen molar-refractivity contribution in [2.24, 2.45) is 0 Å². The average Bonchev–Trinajstić information content (AvgIpc) is 2.71. The highest BCUT2D eigenvalue weighted by atomic mass is 32.2. The molecule has 0 aromatic heterocycles. The van der Waals surface area contributed by atoms with Crippen LogP contribution in [0.25, 0.3) is 0 Å². The highest BCUT2D eigenvalue weighted by molar-refractivity contribution is 7.89. The van der Waals surface area contributed by atoms with Crippen LogP contribution in [-0.4, -0.2) is 37.4 Å². The van der Waals surface area contributed by atoms with Gasteiger partial charge in [0.25, 0.3) is 0 Å². The number of carbonyl (C=O) groups excluding carboxylic acids is 1. The largest absolute Gasteiger partial charge is 0.465 e. The third kappa shape index (κ3) is 2.63. The lowest BCUT2D eigenvalue weighted by molar-refractivity contribution is 0.0590. The number of carbonyl (C=O) groups is 1. The highest BCUT2D eigenvalue weighted by Crippen LogP contribution is 2.39. The van der Waals surface area contributed by atoms with Crippen LogP contribution in [-0.2, 0) is 14.8 Å². The van der Waals surface area contributed by atoms with Crippen LogP contribution in [0.1, 0.15) is 44.0 Å². The van der Waals surface area contributed by atoms with Crippen LogP contribution in [0.3, 0.4) is 0 Å². The standard InChI is InChI=1S/C15H20FNO4S/c1-10-8-9-15(2,3)17(10)22(19,20)12-7-5-6-11(16)13(12)14(18)21-4/h5-7,10H,8-9H2,1-4H3. The van der Waals surface area contributed by atoms with E-state index < -0.39 is 32.9 Å². The van der Waals surface area contributed by atoms with Crippen LogP contribution < -0.4 is 0 Å². The highest BCUT2D eigenvalue weighted by Gasteiger charge is 2.46. The van der Waals surface area contributed by atoms with Crippen molar-refractivity contribution in [1.82, 2.24) is 4.31 Å². The SMILES string of the molecule is COC(=O)c1c(F)cccc1S(=O)(=O)N1C(C)CCC1(C)C. The molecule has 0 amide bonds. The zero-order valence-corrected chi connectivity index (χ0v) is 13.9. The fourth-order valence-corrected chi connectivity index (χ4v) is 5.30. The van der Waals surface area contributed by atoms with E-state index in [1.165, 1.54) is 16.4 Å². The van der Waals surface area contributed by atoms with Gasteiger partial charge in [-0.1, -0.05) is 6.07 Å². The van der Waals surface area contributed by atoms with Crippen LogP contribution in [0.4, 0.5) is 4.39 Å². The molecule has 22 heavy (non-hydrogen) atoms. The molecule has 0 spiro atoms. The van der Waals surface area contributed by atoms with Gasteiger partial charge in [-0.2, -0.15) is 4.31 Å². The second-order valence-electron chi connectivity index (χ2n) is 6.11. The third-order valence-electron chi connectivity index (χ3n) is 4.07. The fourth-order valence-electron chi connectivity index (χ4n) is 3.07. The Morgan fingerprint density at radius 2 is 2.05 bits per heavy atom. The Morgan fingerprint density at radius 1 is 1.41 bits per heavy atom. The molecular weight excluding hydrogens is 309 g/mol. The predicted molar refractivity (Wildman–Crippen MR) is 79.5 cm³/mol. The van der Waals surface area contributed by atoms with Crippen molar-refractivity contribution < 1.29 is 22.3 Å². The van der Waals surface area contributed by atoms with Crippen molar-refractivity contribution in [3.8, 4) is 0 Å². The molecule has 0 radical (unpaired) electrons. The van der Waals surface area contributed by atoms with E-state index in [-0.39, 0.29) is 10.9 Å². The molecule has 2 rings (SSSR count). The van der Waals surface area contributed by atoms with E-state index in [0.717, 1.165) is 19.6 Å². The number of ether oxygens (including phenoxy) is 1. The summed E-state index contributed by atoms with van der Waals surface area (Å²) >= 11 is 0. The molecule has 1 unspecified atom stereocenters. The van der Waals surface area contributed by atoms with Crippen LogP contribution >= 0.6 is 0 Å². The first-order valence-corrected chi connectivity index (χ1v) is 8.48. The van der Waals surface area contributed by atoms with Gasteiger partial charge >= 0.3 is 5.97 Å². The van der Waals surface area contributed by atoms with Gasteiger partial charge < -0.3 is 4.74 Å². The third-order valence-corrected chi connectivity index (χ3v) is 6.34. The molecule has 1 aromatic rings. The number of esters is 1. The van der Waals surface area contributed by atoms with Crippen LogP contribution in [0.2, 0.25) is 0 Å². The molecule has 5 nitrogen and oxygen atoms in total. The van der Waals surface area contributed by atoms with Crippen molar-refractivity contribution in [3.05, 3.63) is 29.6 Å². The van der Waals surface area contributed by atoms with Crippen LogP contribution in [0.15, 0.2) is 23.1 Å². The monoisotopic (exact) mass is 329 g/mol. The van der Waals surface area contributed by atoms with Crippen molar-refractivity contribution in [3.63, 3.8) is 0 Å². The molecule has 1 atom stereocenters. The Balaban J connectivity index is 2.65. The molecule has 1 aromatic carbocycles. The van der Waals surface area contributed by atoms with E-state index in [4.69, 9.17) is 0 Å². The van der Waals surface area contributed by atoms with Gasteiger partial charge in [-0.05, 0) is 45.7 Å². The van der Waals surface area contributed by atoms with E-state index in [0.29, 0.717) is 6.42 Å². The van der Waals surface area contributed by atoms with E-state index in [9.17, 15) is 17.6 Å². The van der Waals surface area contributed by atoms with E-state index >= 15 is 0 Å². The summed E-state index contributed by atoms with van der Waals surface area (Å²) in [5.41, 5.74) is -1.13. The summed E-state index contributed by atoms with van der Waals surface area (Å²) in [5, 5.41) is 0. The van der Waals surface area contributed by atoms with Gasteiger partial charge in [0.2, 0.25) is 10.0 Å². The van der Waals surface area contributed by atoms with Crippen molar-refractivity contribution in [1.29, 1.82) is 0 Å². The quantitative estimate of drug-likeness (QED) is 0.800. The maximum Gasteiger partial charge on any atom is 0.342 e. The molecule has 1 saturated heterocycles. The zero-order chi connectivity index (χ0) is 16.7. The lowest BCUT2D eigenvalue weighted by atomic mass is 10.0. The minimum Gasteiger partial charge on any atom is -0.465 e. The Bertz CT molecular complexity index is 699. The molecule has 0 saturated carbocycles. The fraction of sp³-hybridized carbons (Fsp3) is 0.533. The van der Waals surface area contributed by atoms with Gasteiger partial charge in [0.15, 0.2) is 0 Å². The predicted octanol–water partition coefficient (Wildman–Crippen LogP) is 2.56. The van der Waals surface area contributed by atoms with Gasteiger partial charge in [0.05, 0.1) is 12.0 Å². The number of nitrogens with zero attached hydrogens (tertiary/aromatic N) is 1. The first-order valence-electron chi connectivity index (χ1n) is 7.04. The minimum absolute atomic E-state index is 0.214. The Labute approximate surface area is 130 Å². The molecule has 0 N–H and O–H groups in total. The normalized spacial score (nSPS) is 21.8. The average molecular weight is 329 g/mol. The van der Waals surface area contributed by atoms with E-state index in [1.807, 2.05) is 20.8 Å². The summed E-state index contributed by atoms with van der Waals surface area (Å²) < 4.78 is 45.9. The summed E-state index contributed by atoms with van der Waals surface area (Å²) in [6.07, 6.45) is 1.42. The molecule has 122 valence electrons. The Hall–Kier alpha value is -1.47. The molecule has 1 heterocycles. The second-order valence-corrected chi connectivity index (χ2v) is 7.89. The number of hydrogen-bond acceptors (Lipinski definition) is 4. The molecular formula is C15H20FNO4S. The zero-order valence-electron chi connectivity index (χ0n) is 13.1. The molecule has 1 aliphatic heterocycles. The van der Waals surface area contributed by atoms with Crippen LogP contribution in [0, 0.1) is 5.82 Å². The molecule has 0 bridgehead atoms. The topological polar surface area (TPSA) is 63.7 Å². The first-order chi connectivity index (χ1) is 10.1. The number of halogens is 1. The summed E-state index contributed by atoms with van der Waals surface area (Å²) in [4.78, 5) is 11.5. The number of benzene rings is 1. The maximum absolute atomic E-state index is 14.0. The number of hydrogen-bond donors (Lipinski definition) is 0. The summed E-state index contributed by atoms with van der Waals surface area (Å²) in [6.45, 7) is 5.46. The lowest BCUT2D eigenvalue weighted by Crippen LogP contribution is -2.46. The van der Waals surface area contributed by atoms with Gasteiger partial charge in [0, 0.05) is 11.6 Å². The van der Waals surface area contributed by atoms with E-state index in [2.05, 4.69) is 4.74 Å². The molecule has 0 aliphatic carbocycles. The van der Waals surface area contributed by atoms with Crippen LogP contribution in [0.5, 0.6) is 0 Å². The Morgan fingerprint density at radius 3 is 2.55 bits per heavy atom. The summed E-state index contributed by atoms with van der Waals surface area (Å²) in [5.74, 6) is -1.90. The van der Waals surface area contributed by atoms with Crippen molar-refractivity contribution >= 4 is 16.0 Å². The lowest BCUT2D eigenvalue weighted by Gasteiger charge is -2.33. The summed E-state index contributed by atoms with van der Waals surface area (Å²) in [7, 11) is -2.92. The van der Waals surface area contributed by atoms with E-state index in [1.54, 1.807) is 0 Å². The Kier molecular flexibility index (Phi) is 4.32. The van der Waals surface area contributed by atoms with Gasteiger partial charge in [-0.15, -0.1) is 0 Å². The molecule has 1 fully saturated rings.